The van der Waals surface area contributed by atoms with Crippen molar-refractivity contribution in [2.45, 2.75) is 20.0 Å². The minimum absolute atomic E-state index is 0.114. The molecule has 136 valence electrons. The SMILES string of the molecule is CCn1c(N)c(-c2csc(NCc3ccccc3OC)n2)c(=O)[nH]c1=O. The van der Waals surface area contributed by atoms with Gasteiger partial charge < -0.3 is 15.8 Å². The first-order valence-corrected chi connectivity index (χ1v) is 8.87. The van der Waals surface area contributed by atoms with Crippen LogP contribution in [0, 0.1) is 0 Å². The number of nitrogens with zero attached hydrogens (tertiary/aromatic N) is 2. The third-order valence-electron chi connectivity index (χ3n) is 3.94. The average Bonchev–Trinajstić information content (AvgIpc) is 3.08. The highest BCUT2D eigenvalue weighted by Crippen LogP contribution is 2.27. The molecule has 1 aromatic carbocycles. The van der Waals surface area contributed by atoms with Gasteiger partial charge in [-0.3, -0.25) is 14.3 Å². The number of nitrogen functional groups attached to an aromatic ring is 1. The van der Waals surface area contributed by atoms with Crippen LogP contribution >= 0.6 is 11.3 Å². The lowest BCUT2D eigenvalue weighted by atomic mass is 10.2. The Balaban J connectivity index is 1.87. The van der Waals surface area contributed by atoms with Crippen LogP contribution in [0.5, 0.6) is 5.75 Å². The molecule has 0 aliphatic heterocycles. The number of H-pyrrole nitrogens is 1. The van der Waals surface area contributed by atoms with Gasteiger partial charge in [0.1, 0.15) is 17.1 Å². The number of nitrogens with two attached hydrogens (primary N) is 1. The average molecular weight is 373 g/mol. The van der Waals surface area contributed by atoms with Gasteiger partial charge in [0.15, 0.2) is 5.13 Å². The number of aromatic amines is 1. The maximum absolute atomic E-state index is 12.2. The largest absolute Gasteiger partial charge is 0.496 e. The summed E-state index contributed by atoms with van der Waals surface area (Å²) in [6, 6.07) is 7.68. The van der Waals surface area contributed by atoms with Gasteiger partial charge in [-0.25, -0.2) is 9.78 Å². The number of hydrogen-bond acceptors (Lipinski definition) is 7. The molecule has 3 rings (SSSR count). The van der Waals surface area contributed by atoms with Crippen molar-refractivity contribution in [3.63, 3.8) is 0 Å². The normalized spacial score (nSPS) is 10.7. The number of benzene rings is 1. The zero-order valence-electron chi connectivity index (χ0n) is 14.4. The summed E-state index contributed by atoms with van der Waals surface area (Å²) in [6.45, 7) is 2.66. The van der Waals surface area contributed by atoms with Crippen LogP contribution in [-0.2, 0) is 13.1 Å². The van der Waals surface area contributed by atoms with Crippen LogP contribution in [0.15, 0.2) is 39.2 Å². The number of methoxy groups -OCH3 is 1. The van der Waals surface area contributed by atoms with E-state index in [0.29, 0.717) is 23.9 Å². The molecular formula is C17H19N5O3S. The topological polar surface area (TPSA) is 115 Å². The second-order valence-electron chi connectivity index (χ2n) is 5.47. The first-order valence-electron chi connectivity index (χ1n) is 7.99. The van der Waals surface area contributed by atoms with Crippen LogP contribution < -0.4 is 27.0 Å². The van der Waals surface area contributed by atoms with Gasteiger partial charge in [-0.15, -0.1) is 11.3 Å². The molecule has 0 unspecified atom stereocenters. The van der Waals surface area contributed by atoms with E-state index in [4.69, 9.17) is 10.5 Å². The van der Waals surface area contributed by atoms with Gasteiger partial charge in [0.2, 0.25) is 0 Å². The van der Waals surface area contributed by atoms with E-state index in [0.717, 1.165) is 11.3 Å². The van der Waals surface area contributed by atoms with E-state index >= 15 is 0 Å². The minimum Gasteiger partial charge on any atom is -0.496 e. The molecule has 0 saturated carbocycles. The predicted octanol–water partition coefficient (Wildman–Crippen LogP) is 1.88. The number of para-hydroxylation sites is 1. The van der Waals surface area contributed by atoms with Crippen molar-refractivity contribution in [1.29, 1.82) is 0 Å². The molecule has 4 N–H and O–H groups in total. The van der Waals surface area contributed by atoms with Crippen LogP contribution in [-0.4, -0.2) is 21.6 Å². The van der Waals surface area contributed by atoms with Gasteiger partial charge in [0, 0.05) is 24.0 Å². The second kappa shape index (κ2) is 7.44. The molecule has 0 aliphatic carbocycles. The molecule has 8 nitrogen and oxygen atoms in total. The number of rotatable bonds is 6. The number of ether oxygens (including phenoxy) is 1. The van der Waals surface area contributed by atoms with E-state index in [-0.39, 0.29) is 11.4 Å². The summed E-state index contributed by atoms with van der Waals surface area (Å²) in [6.07, 6.45) is 0. The van der Waals surface area contributed by atoms with Crippen LogP contribution in [0.1, 0.15) is 12.5 Å². The third-order valence-corrected chi connectivity index (χ3v) is 4.74. The molecule has 26 heavy (non-hydrogen) atoms. The van der Waals surface area contributed by atoms with E-state index in [1.165, 1.54) is 15.9 Å². The van der Waals surface area contributed by atoms with Gasteiger partial charge in [-0.1, -0.05) is 18.2 Å². The highest BCUT2D eigenvalue weighted by molar-refractivity contribution is 7.14. The van der Waals surface area contributed by atoms with E-state index in [1.54, 1.807) is 19.4 Å². The number of aromatic nitrogens is 3. The quantitative estimate of drug-likeness (QED) is 0.608. The molecule has 0 radical (unpaired) electrons. The Labute approximate surface area is 153 Å². The van der Waals surface area contributed by atoms with Gasteiger partial charge in [0.25, 0.3) is 5.56 Å². The number of hydrogen-bond donors (Lipinski definition) is 3. The number of anilines is 2. The summed E-state index contributed by atoms with van der Waals surface area (Å²) < 4.78 is 6.63. The molecule has 3 aromatic rings. The lowest BCUT2D eigenvalue weighted by Crippen LogP contribution is -2.32. The van der Waals surface area contributed by atoms with Crippen molar-refractivity contribution in [3.05, 3.63) is 56.0 Å². The summed E-state index contributed by atoms with van der Waals surface area (Å²) in [5.74, 6) is 0.898. The summed E-state index contributed by atoms with van der Waals surface area (Å²) in [5.41, 5.74) is 6.56. The van der Waals surface area contributed by atoms with E-state index in [1.807, 2.05) is 24.3 Å². The molecular weight excluding hydrogens is 354 g/mol. The molecule has 0 atom stereocenters. The van der Waals surface area contributed by atoms with Crippen LogP contribution in [0.25, 0.3) is 11.3 Å². The van der Waals surface area contributed by atoms with Gasteiger partial charge >= 0.3 is 5.69 Å². The molecule has 0 saturated heterocycles. The summed E-state index contributed by atoms with van der Waals surface area (Å²) in [7, 11) is 1.62. The maximum atomic E-state index is 12.2. The van der Waals surface area contributed by atoms with Gasteiger partial charge in [-0.05, 0) is 13.0 Å². The Hall–Kier alpha value is -3.07. The van der Waals surface area contributed by atoms with E-state index < -0.39 is 11.2 Å². The molecule has 9 heteroatoms. The Morgan fingerprint density at radius 1 is 1.35 bits per heavy atom. The minimum atomic E-state index is -0.543. The summed E-state index contributed by atoms with van der Waals surface area (Å²) >= 11 is 1.35. The molecule has 0 bridgehead atoms. The first kappa shape index (κ1) is 17.7. The first-order chi connectivity index (χ1) is 12.5. The lowest BCUT2D eigenvalue weighted by molar-refractivity contribution is 0.410. The summed E-state index contributed by atoms with van der Waals surface area (Å²) in [5, 5.41) is 5.58. The van der Waals surface area contributed by atoms with Crippen molar-refractivity contribution in [3.8, 4) is 17.0 Å². The Kier molecular flexibility index (Phi) is 5.08. The van der Waals surface area contributed by atoms with Crippen molar-refractivity contribution in [2.24, 2.45) is 0 Å². The number of nitrogens with one attached hydrogen (secondary N) is 2. The Bertz CT molecular complexity index is 1040. The Morgan fingerprint density at radius 2 is 2.12 bits per heavy atom. The fourth-order valence-electron chi connectivity index (χ4n) is 2.64. The standard InChI is InChI=1S/C17H19N5O3S/c1-3-22-14(18)13(15(23)21-17(22)24)11-9-26-16(20-11)19-8-10-6-4-5-7-12(10)25-2/h4-7,9H,3,8,18H2,1-2H3,(H,19,20)(H,21,23,24). The monoisotopic (exact) mass is 373 g/mol. The Morgan fingerprint density at radius 3 is 2.85 bits per heavy atom. The van der Waals surface area contributed by atoms with E-state index in [9.17, 15) is 9.59 Å². The van der Waals surface area contributed by atoms with Crippen molar-refractivity contribution in [1.82, 2.24) is 14.5 Å². The van der Waals surface area contributed by atoms with Crippen LogP contribution in [0.3, 0.4) is 0 Å². The van der Waals surface area contributed by atoms with Gasteiger partial charge in [-0.2, -0.15) is 0 Å². The van der Waals surface area contributed by atoms with Crippen molar-refractivity contribution >= 4 is 22.3 Å². The highest BCUT2D eigenvalue weighted by atomic mass is 32.1. The number of thiazole rings is 1. The predicted molar refractivity (Wildman–Crippen MR) is 103 cm³/mol. The fourth-order valence-corrected chi connectivity index (χ4v) is 3.34. The van der Waals surface area contributed by atoms with E-state index in [2.05, 4.69) is 15.3 Å². The molecule has 2 heterocycles. The van der Waals surface area contributed by atoms with Crippen LogP contribution in [0.4, 0.5) is 10.9 Å². The fraction of sp³-hybridized carbons (Fsp3) is 0.235. The molecule has 0 aliphatic rings. The van der Waals surface area contributed by atoms with Crippen LogP contribution in [0.2, 0.25) is 0 Å². The third kappa shape index (κ3) is 3.33. The second-order valence-corrected chi connectivity index (χ2v) is 6.33. The van der Waals surface area contributed by atoms with Crippen molar-refractivity contribution < 1.29 is 4.74 Å². The van der Waals surface area contributed by atoms with Crippen molar-refractivity contribution in [2.75, 3.05) is 18.2 Å². The zero-order chi connectivity index (χ0) is 18.7. The highest BCUT2D eigenvalue weighted by Gasteiger charge is 2.16. The molecule has 2 aromatic heterocycles. The van der Waals surface area contributed by atoms with Gasteiger partial charge in [0.05, 0.1) is 12.8 Å². The molecule has 0 amide bonds. The smallest absolute Gasteiger partial charge is 0.329 e. The molecule has 0 spiro atoms. The molecule has 0 fully saturated rings. The summed E-state index contributed by atoms with van der Waals surface area (Å²) in [4.78, 5) is 30.7. The lowest BCUT2D eigenvalue weighted by Gasteiger charge is -2.09. The maximum Gasteiger partial charge on any atom is 0.329 e. The zero-order valence-corrected chi connectivity index (χ0v) is 15.2.